The molecule has 0 fully saturated rings. The van der Waals surface area contributed by atoms with Crippen molar-refractivity contribution in [2.45, 2.75) is 33.9 Å². The Labute approximate surface area is 105 Å². The Morgan fingerprint density at radius 3 is 2.18 bits per heavy atom. The SMILES string of the molecule is CCN1C=CN(C)C1.CCn1cc[n+](CC)c1. The maximum atomic E-state index is 2.25. The minimum Gasteiger partial charge on any atom is -0.362 e. The molecule has 0 aromatic carbocycles. The molecule has 17 heavy (non-hydrogen) atoms. The minimum atomic E-state index is 1.05. The summed E-state index contributed by atoms with van der Waals surface area (Å²) in [6.45, 7) is 10.7. The van der Waals surface area contributed by atoms with Gasteiger partial charge in [0.1, 0.15) is 12.4 Å². The lowest BCUT2D eigenvalue weighted by atomic mass is 10.6. The molecule has 1 aromatic rings. The van der Waals surface area contributed by atoms with Gasteiger partial charge in [0.25, 0.3) is 0 Å². The summed E-state index contributed by atoms with van der Waals surface area (Å²) in [4.78, 5) is 4.41. The number of nitrogens with zero attached hydrogens (tertiary/aromatic N) is 4. The normalized spacial score (nSPS) is 13.9. The first-order chi connectivity index (χ1) is 8.19. The first-order valence-electron chi connectivity index (χ1n) is 6.37. The summed E-state index contributed by atoms with van der Waals surface area (Å²) in [6.07, 6.45) is 10.5. The lowest BCUT2D eigenvalue weighted by molar-refractivity contribution is -0.693. The van der Waals surface area contributed by atoms with Crippen LogP contribution < -0.4 is 4.57 Å². The molecule has 0 N–H and O–H groups in total. The first kappa shape index (κ1) is 13.6. The van der Waals surface area contributed by atoms with Gasteiger partial charge in [-0.25, -0.2) is 9.13 Å². The van der Waals surface area contributed by atoms with Crippen molar-refractivity contribution in [2.24, 2.45) is 0 Å². The molecule has 0 unspecified atom stereocenters. The zero-order chi connectivity index (χ0) is 12.7. The highest BCUT2D eigenvalue weighted by Gasteiger charge is 2.03. The van der Waals surface area contributed by atoms with E-state index in [0.717, 1.165) is 26.3 Å². The minimum absolute atomic E-state index is 1.05. The molecule has 0 amide bonds. The standard InChI is InChI=1S/C7H13N2.C6H12N2/c1-3-8-5-6-9(4-2)7-8;1-3-8-5-4-7(2)6-8/h5-7H,3-4H2,1-2H3;4-5H,3,6H2,1-2H3/q+1;. The number of aryl methyl sites for hydroxylation is 2. The van der Waals surface area contributed by atoms with Crippen LogP contribution in [0.15, 0.2) is 31.1 Å². The molecule has 0 saturated carbocycles. The van der Waals surface area contributed by atoms with Crippen LogP contribution >= 0.6 is 0 Å². The lowest BCUT2D eigenvalue weighted by Gasteiger charge is -2.14. The van der Waals surface area contributed by atoms with E-state index in [9.17, 15) is 0 Å². The Kier molecular flexibility index (Phi) is 5.60. The van der Waals surface area contributed by atoms with Gasteiger partial charge in [0.2, 0.25) is 6.33 Å². The molecule has 2 rings (SSSR count). The van der Waals surface area contributed by atoms with Gasteiger partial charge in [-0.15, -0.1) is 0 Å². The fourth-order valence-electron chi connectivity index (χ4n) is 1.61. The second-order valence-electron chi connectivity index (χ2n) is 4.18. The molecule has 96 valence electrons. The van der Waals surface area contributed by atoms with Crippen LogP contribution in [0.5, 0.6) is 0 Å². The molecular formula is C13H25N4+. The van der Waals surface area contributed by atoms with Gasteiger partial charge in [-0.2, -0.15) is 0 Å². The highest BCUT2D eigenvalue weighted by atomic mass is 15.3. The summed E-state index contributed by atoms with van der Waals surface area (Å²) in [5.41, 5.74) is 0. The molecule has 0 spiro atoms. The van der Waals surface area contributed by atoms with Gasteiger partial charge in [-0.05, 0) is 20.8 Å². The average Bonchev–Trinajstić information content (AvgIpc) is 2.97. The Bertz CT molecular complexity index is 324. The molecule has 0 saturated heterocycles. The maximum absolute atomic E-state index is 2.25. The van der Waals surface area contributed by atoms with Crippen LogP contribution in [0.2, 0.25) is 0 Å². The lowest BCUT2D eigenvalue weighted by Crippen LogP contribution is -2.28. The fraction of sp³-hybridized carbons (Fsp3) is 0.615. The summed E-state index contributed by atoms with van der Waals surface area (Å²) in [5, 5.41) is 0. The molecule has 0 atom stereocenters. The van der Waals surface area contributed by atoms with Gasteiger partial charge < -0.3 is 9.80 Å². The number of rotatable bonds is 3. The summed E-state index contributed by atoms with van der Waals surface area (Å²) < 4.78 is 4.31. The zero-order valence-electron chi connectivity index (χ0n) is 11.5. The predicted octanol–water partition coefficient (Wildman–Crippen LogP) is 1.50. The molecule has 1 aromatic heterocycles. The van der Waals surface area contributed by atoms with Gasteiger partial charge in [-0.3, -0.25) is 0 Å². The maximum Gasteiger partial charge on any atom is 0.243 e. The van der Waals surface area contributed by atoms with Crippen LogP contribution in [0.1, 0.15) is 20.8 Å². The van der Waals surface area contributed by atoms with Crippen molar-refractivity contribution >= 4 is 0 Å². The van der Waals surface area contributed by atoms with Gasteiger partial charge in [0.05, 0.1) is 19.8 Å². The highest BCUT2D eigenvalue weighted by molar-refractivity contribution is 4.87. The van der Waals surface area contributed by atoms with Crippen molar-refractivity contribution in [2.75, 3.05) is 20.3 Å². The van der Waals surface area contributed by atoms with Crippen molar-refractivity contribution in [1.29, 1.82) is 0 Å². The first-order valence-corrected chi connectivity index (χ1v) is 6.37. The molecule has 1 aliphatic rings. The van der Waals surface area contributed by atoms with E-state index in [-0.39, 0.29) is 0 Å². The average molecular weight is 237 g/mol. The zero-order valence-corrected chi connectivity index (χ0v) is 11.5. The van der Waals surface area contributed by atoms with Gasteiger partial charge in [-0.1, -0.05) is 0 Å². The van der Waals surface area contributed by atoms with E-state index >= 15 is 0 Å². The Hall–Kier alpha value is -1.45. The second-order valence-corrected chi connectivity index (χ2v) is 4.18. The summed E-state index contributed by atoms with van der Waals surface area (Å²) in [6, 6.07) is 0. The summed E-state index contributed by atoms with van der Waals surface area (Å²) in [7, 11) is 2.08. The largest absolute Gasteiger partial charge is 0.362 e. The molecule has 0 radical (unpaired) electrons. The quantitative estimate of drug-likeness (QED) is 0.740. The van der Waals surface area contributed by atoms with Crippen molar-refractivity contribution < 1.29 is 4.57 Å². The van der Waals surface area contributed by atoms with Crippen LogP contribution in [0, 0.1) is 0 Å². The van der Waals surface area contributed by atoms with E-state index in [1.54, 1.807) is 0 Å². The number of imidazole rings is 1. The monoisotopic (exact) mass is 237 g/mol. The molecule has 0 bridgehead atoms. The van der Waals surface area contributed by atoms with Crippen LogP contribution in [0.4, 0.5) is 0 Å². The van der Waals surface area contributed by atoms with E-state index in [4.69, 9.17) is 0 Å². The second kappa shape index (κ2) is 6.99. The number of aromatic nitrogens is 2. The molecule has 1 aliphatic heterocycles. The van der Waals surface area contributed by atoms with Crippen LogP contribution in [-0.4, -0.2) is 34.6 Å². The Balaban J connectivity index is 0.000000171. The molecule has 2 heterocycles. The van der Waals surface area contributed by atoms with Gasteiger partial charge in [0.15, 0.2) is 0 Å². The predicted molar refractivity (Wildman–Crippen MR) is 70.1 cm³/mol. The molecule has 4 heteroatoms. The van der Waals surface area contributed by atoms with E-state index in [0.29, 0.717) is 0 Å². The Morgan fingerprint density at radius 2 is 1.88 bits per heavy atom. The van der Waals surface area contributed by atoms with Crippen LogP contribution in [-0.2, 0) is 13.1 Å². The smallest absolute Gasteiger partial charge is 0.243 e. The van der Waals surface area contributed by atoms with Gasteiger partial charge in [0, 0.05) is 26.0 Å². The third kappa shape index (κ3) is 4.51. The third-order valence-corrected chi connectivity index (χ3v) is 2.82. The van der Waals surface area contributed by atoms with E-state index in [1.807, 2.05) is 0 Å². The van der Waals surface area contributed by atoms with E-state index < -0.39 is 0 Å². The number of hydrogen-bond donors (Lipinski definition) is 0. The van der Waals surface area contributed by atoms with Gasteiger partial charge >= 0.3 is 0 Å². The molecule has 0 aliphatic carbocycles. The molecule has 4 nitrogen and oxygen atoms in total. The van der Waals surface area contributed by atoms with Crippen LogP contribution in [0.3, 0.4) is 0 Å². The van der Waals surface area contributed by atoms with E-state index in [2.05, 4.69) is 77.9 Å². The Morgan fingerprint density at radius 1 is 1.12 bits per heavy atom. The van der Waals surface area contributed by atoms with Crippen LogP contribution in [0.25, 0.3) is 0 Å². The summed E-state index contributed by atoms with van der Waals surface area (Å²) >= 11 is 0. The third-order valence-electron chi connectivity index (χ3n) is 2.82. The van der Waals surface area contributed by atoms with E-state index in [1.165, 1.54) is 0 Å². The van der Waals surface area contributed by atoms with Crippen molar-refractivity contribution in [3.05, 3.63) is 31.1 Å². The van der Waals surface area contributed by atoms with Crippen molar-refractivity contribution in [1.82, 2.24) is 14.4 Å². The summed E-state index contributed by atoms with van der Waals surface area (Å²) in [5.74, 6) is 0. The highest BCUT2D eigenvalue weighted by Crippen LogP contribution is 2.00. The molecular weight excluding hydrogens is 212 g/mol. The topological polar surface area (TPSA) is 15.3 Å². The fourth-order valence-corrected chi connectivity index (χ4v) is 1.61. The number of hydrogen-bond acceptors (Lipinski definition) is 2. The van der Waals surface area contributed by atoms with Crippen molar-refractivity contribution in [3.8, 4) is 0 Å². The van der Waals surface area contributed by atoms with Crippen molar-refractivity contribution in [3.63, 3.8) is 0 Å².